The molecule has 0 spiro atoms. The summed E-state index contributed by atoms with van der Waals surface area (Å²) < 4.78 is 17.3. The van der Waals surface area contributed by atoms with Gasteiger partial charge in [0.1, 0.15) is 5.75 Å². The van der Waals surface area contributed by atoms with Gasteiger partial charge in [0.2, 0.25) is 0 Å². The van der Waals surface area contributed by atoms with Gasteiger partial charge in [-0.2, -0.15) is 5.26 Å². The van der Waals surface area contributed by atoms with Crippen molar-refractivity contribution >= 4 is 29.3 Å². The Hall–Kier alpha value is -3.83. The Bertz CT molecular complexity index is 1180. The highest BCUT2D eigenvalue weighted by atomic mass is 32.2. The molecule has 1 fully saturated rings. The third kappa shape index (κ3) is 8.65. The summed E-state index contributed by atoms with van der Waals surface area (Å²) >= 11 is 1.48. The van der Waals surface area contributed by atoms with Gasteiger partial charge in [0.25, 0.3) is 5.91 Å². The predicted octanol–water partition coefficient (Wildman–Crippen LogP) is 5.50. The first-order chi connectivity index (χ1) is 18.1. The zero-order valence-corrected chi connectivity index (χ0v) is 22.1. The highest BCUT2D eigenvalue weighted by molar-refractivity contribution is 8.01. The number of nitrogens with zero attached hydrogens (tertiary/aromatic N) is 1. The second-order valence-corrected chi connectivity index (χ2v) is 9.19. The maximum atomic E-state index is 13.1. The summed E-state index contributed by atoms with van der Waals surface area (Å²) in [4.78, 5) is 13.1. The summed E-state index contributed by atoms with van der Waals surface area (Å²) in [7, 11) is 1.61. The summed E-state index contributed by atoms with van der Waals surface area (Å²) in [5.41, 5.74) is 8.57. The Labute approximate surface area is 223 Å². The van der Waals surface area contributed by atoms with Gasteiger partial charge >= 0.3 is 0 Å². The number of nitrogens with one attached hydrogen (secondary N) is 1. The summed E-state index contributed by atoms with van der Waals surface area (Å²) in [5, 5.41) is 13.2. The van der Waals surface area contributed by atoms with Gasteiger partial charge in [-0.05, 0) is 72.8 Å². The van der Waals surface area contributed by atoms with E-state index in [1.807, 2.05) is 30.5 Å². The lowest BCUT2D eigenvalue weighted by Gasteiger charge is -2.14. The van der Waals surface area contributed by atoms with Crippen LogP contribution in [-0.4, -0.2) is 32.5 Å². The second-order valence-electron chi connectivity index (χ2n) is 8.44. The van der Waals surface area contributed by atoms with Crippen molar-refractivity contribution in [1.29, 1.82) is 5.26 Å². The Kier molecular flexibility index (Phi) is 11.0. The number of allylic oxidation sites excluding steroid dienone is 1. The lowest BCUT2D eigenvalue weighted by Crippen LogP contribution is -2.21. The van der Waals surface area contributed by atoms with Gasteiger partial charge in [-0.1, -0.05) is 24.3 Å². The first kappa shape index (κ1) is 27.8. The van der Waals surface area contributed by atoms with Crippen molar-refractivity contribution < 1.29 is 19.0 Å². The van der Waals surface area contributed by atoms with Crippen molar-refractivity contribution in [2.24, 2.45) is 11.7 Å². The van der Waals surface area contributed by atoms with E-state index in [4.69, 9.17) is 25.2 Å². The fraction of sp³-hybridized carbons (Fsp3) is 0.310. The maximum absolute atomic E-state index is 13.1. The second kappa shape index (κ2) is 14.7. The van der Waals surface area contributed by atoms with E-state index in [0.717, 1.165) is 5.56 Å². The number of nitrogens with two attached hydrogens (primary N) is 1. The summed E-state index contributed by atoms with van der Waals surface area (Å²) in [6, 6.07) is 14.9. The molecule has 1 aliphatic rings. The monoisotopic (exact) mass is 519 g/mol. The largest absolute Gasteiger partial charge is 0.494 e. The van der Waals surface area contributed by atoms with Gasteiger partial charge in [0.15, 0.2) is 11.5 Å². The van der Waals surface area contributed by atoms with Crippen LogP contribution in [0.3, 0.4) is 0 Å². The molecular weight excluding hydrogens is 486 g/mol. The Morgan fingerprint density at radius 3 is 2.68 bits per heavy atom. The number of unbranched alkanes of at least 4 members (excludes halogenated alkanes) is 1. The minimum Gasteiger partial charge on any atom is -0.494 e. The van der Waals surface area contributed by atoms with Crippen LogP contribution in [0.25, 0.3) is 11.6 Å². The van der Waals surface area contributed by atoms with E-state index in [9.17, 15) is 4.79 Å². The molecule has 1 aliphatic carbocycles. The highest BCUT2D eigenvalue weighted by Gasteiger charge is 2.23. The van der Waals surface area contributed by atoms with Crippen molar-refractivity contribution in [3.63, 3.8) is 0 Å². The number of carbonyl (C=O) groups is 1. The van der Waals surface area contributed by atoms with Crippen LogP contribution in [0.5, 0.6) is 17.2 Å². The number of amides is 1. The lowest BCUT2D eigenvalue weighted by molar-refractivity contribution is -0.114. The third-order valence-corrected chi connectivity index (χ3v) is 6.02. The molecule has 8 heteroatoms. The molecule has 0 atom stereocenters. The van der Waals surface area contributed by atoms with Crippen LogP contribution < -0.4 is 25.3 Å². The number of rotatable bonds is 14. The maximum Gasteiger partial charge on any atom is 0.257 e. The van der Waals surface area contributed by atoms with Crippen LogP contribution in [0.4, 0.5) is 0 Å². The number of carbonyl (C=O) groups excluding carboxylic acids is 1. The van der Waals surface area contributed by atoms with E-state index in [-0.39, 0.29) is 5.91 Å². The average Bonchev–Trinajstić information content (AvgIpc) is 3.74. The molecule has 3 rings (SSSR count). The van der Waals surface area contributed by atoms with E-state index in [0.29, 0.717) is 66.1 Å². The van der Waals surface area contributed by atoms with Gasteiger partial charge in [-0.3, -0.25) is 4.79 Å². The van der Waals surface area contributed by atoms with Gasteiger partial charge in [-0.25, -0.2) is 0 Å². The number of para-hydroxylation sites is 1. The number of thioether (sulfide) groups is 1. The summed E-state index contributed by atoms with van der Waals surface area (Å²) in [6.07, 6.45) is 10.5. The topological polar surface area (TPSA) is 107 Å². The van der Waals surface area contributed by atoms with Crippen LogP contribution in [0.1, 0.15) is 36.8 Å². The highest BCUT2D eigenvalue weighted by Crippen LogP contribution is 2.36. The van der Waals surface area contributed by atoms with Gasteiger partial charge < -0.3 is 25.3 Å². The third-order valence-electron chi connectivity index (χ3n) is 5.61. The molecule has 0 unspecified atom stereocenters. The molecule has 0 radical (unpaired) electrons. The molecule has 1 amide bonds. The molecule has 1 saturated carbocycles. The fourth-order valence-electron chi connectivity index (χ4n) is 3.47. The lowest BCUT2D eigenvalue weighted by atomic mass is 10.0. The first-order valence-corrected chi connectivity index (χ1v) is 13.4. The van der Waals surface area contributed by atoms with E-state index in [1.54, 1.807) is 49.1 Å². The Balaban J connectivity index is 1.88. The van der Waals surface area contributed by atoms with Crippen LogP contribution in [0, 0.1) is 17.2 Å². The van der Waals surface area contributed by atoms with E-state index >= 15 is 0 Å². The van der Waals surface area contributed by atoms with Crippen LogP contribution in [-0.2, 0) is 4.79 Å². The zero-order chi connectivity index (χ0) is 26.5. The molecule has 0 saturated heterocycles. The predicted molar refractivity (Wildman–Crippen MR) is 149 cm³/mol. The Morgan fingerprint density at radius 1 is 1.22 bits per heavy atom. The average molecular weight is 520 g/mol. The van der Waals surface area contributed by atoms with Gasteiger partial charge in [0, 0.05) is 23.9 Å². The van der Waals surface area contributed by atoms with E-state index in [2.05, 4.69) is 11.4 Å². The van der Waals surface area contributed by atoms with Gasteiger partial charge in [0.05, 0.1) is 32.0 Å². The van der Waals surface area contributed by atoms with Crippen molar-refractivity contribution in [2.45, 2.75) is 25.7 Å². The summed E-state index contributed by atoms with van der Waals surface area (Å²) in [5.74, 6) is 2.23. The SMILES string of the molecule is COc1cccc(/C=C/C(N)=C(/C(=O)N/C=C\SC)c2ccc(OCCCC#N)cc2)c1OCC1CC1. The standard InChI is InChI=1S/C29H33N3O4S/c1-34-26-7-5-6-23(28(26)36-20-21-8-9-21)12-15-25(31)27(29(33)32-17-19-37-2)22-10-13-24(14-11-22)35-18-4-3-16-30/h5-7,10-15,17,19,21H,3-4,8-9,18,20,31H2,1-2H3,(H,32,33)/b15-12+,19-17-,27-25-. The number of ether oxygens (including phenoxy) is 3. The molecule has 3 N–H and O–H groups in total. The minimum atomic E-state index is -0.328. The van der Waals surface area contributed by atoms with Crippen molar-refractivity contribution in [2.75, 3.05) is 26.6 Å². The van der Waals surface area contributed by atoms with E-state index < -0.39 is 0 Å². The van der Waals surface area contributed by atoms with Gasteiger partial charge in [-0.15, -0.1) is 11.8 Å². The fourth-order valence-corrected chi connectivity index (χ4v) is 3.67. The molecule has 0 heterocycles. The smallest absolute Gasteiger partial charge is 0.257 e. The molecule has 2 aromatic rings. The molecule has 0 aromatic heterocycles. The molecule has 194 valence electrons. The first-order valence-electron chi connectivity index (χ1n) is 12.1. The van der Waals surface area contributed by atoms with Crippen molar-refractivity contribution in [3.8, 4) is 23.3 Å². The zero-order valence-electron chi connectivity index (χ0n) is 21.2. The number of nitriles is 1. The summed E-state index contributed by atoms with van der Waals surface area (Å²) in [6.45, 7) is 1.10. The van der Waals surface area contributed by atoms with Crippen molar-refractivity contribution in [3.05, 3.63) is 77.0 Å². The Morgan fingerprint density at radius 2 is 2.00 bits per heavy atom. The number of benzene rings is 2. The minimum absolute atomic E-state index is 0.300. The molecule has 2 aromatic carbocycles. The van der Waals surface area contributed by atoms with E-state index in [1.165, 1.54) is 24.6 Å². The van der Waals surface area contributed by atoms with Crippen LogP contribution in [0.15, 0.2) is 65.8 Å². The van der Waals surface area contributed by atoms with Crippen molar-refractivity contribution in [1.82, 2.24) is 5.32 Å². The van der Waals surface area contributed by atoms with Crippen LogP contribution >= 0.6 is 11.8 Å². The van der Waals surface area contributed by atoms with Crippen LogP contribution in [0.2, 0.25) is 0 Å². The number of methoxy groups -OCH3 is 1. The molecule has 37 heavy (non-hydrogen) atoms. The molecule has 7 nitrogen and oxygen atoms in total. The normalized spacial score (nSPS) is 13.8. The molecule has 0 aliphatic heterocycles. The number of hydrogen-bond acceptors (Lipinski definition) is 7. The number of hydrogen-bond donors (Lipinski definition) is 2. The quantitative estimate of drug-likeness (QED) is 0.193. The molecule has 0 bridgehead atoms. The molecular formula is C29H33N3O4S.